The molecular weight excluding hydrogens is 218 g/mol. The normalized spacial score (nSPS) is 39.9. The van der Waals surface area contributed by atoms with Crippen LogP contribution in [0.2, 0.25) is 0 Å². The van der Waals surface area contributed by atoms with Gasteiger partial charge in [0.2, 0.25) is 0 Å². The summed E-state index contributed by atoms with van der Waals surface area (Å²) in [4.78, 5) is 0. The Labute approximate surface area is 93.7 Å². The van der Waals surface area contributed by atoms with Crippen molar-refractivity contribution in [1.29, 1.82) is 0 Å². The molecule has 7 heteroatoms. The predicted octanol–water partition coefficient (Wildman–Crippen LogP) is -2.58. The zero-order valence-corrected chi connectivity index (χ0v) is 9.15. The summed E-state index contributed by atoms with van der Waals surface area (Å²) in [5, 5.41) is 28.0. The van der Waals surface area contributed by atoms with Crippen LogP contribution < -0.4 is 5.73 Å². The fourth-order valence-electron chi connectivity index (χ4n) is 1.50. The Morgan fingerprint density at radius 1 is 1.25 bits per heavy atom. The lowest BCUT2D eigenvalue weighted by Crippen LogP contribution is -2.62. The number of hydrogen-bond donors (Lipinski definition) is 4. The summed E-state index contributed by atoms with van der Waals surface area (Å²) in [5.41, 5.74) is 5.63. The van der Waals surface area contributed by atoms with Gasteiger partial charge >= 0.3 is 0 Å². The Kier molecular flexibility index (Phi) is 5.56. The standard InChI is InChI=1S/C9H19NO6/c1-14-2-3-15-9-6(10)8(13)7(12)5(4-11)16-9/h5-9,11-13H,2-4,10H2,1H3/t5-,6?,7?,8?,9?/m1/s1. The van der Waals surface area contributed by atoms with E-state index in [9.17, 15) is 10.2 Å². The fraction of sp³-hybridized carbons (Fsp3) is 1.00. The third-order valence-electron chi connectivity index (χ3n) is 2.50. The van der Waals surface area contributed by atoms with Crippen molar-refractivity contribution in [2.24, 2.45) is 5.73 Å². The first kappa shape index (κ1) is 13.8. The molecule has 16 heavy (non-hydrogen) atoms. The fourth-order valence-corrected chi connectivity index (χ4v) is 1.50. The lowest BCUT2D eigenvalue weighted by atomic mass is 9.98. The summed E-state index contributed by atoms with van der Waals surface area (Å²) in [6.07, 6.45) is -4.13. The van der Waals surface area contributed by atoms with E-state index in [4.69, 9.17) is 25.1 Å². The SMILES string of the molecule is COCCOC1O[C@H](CO)C(O)C(O)C1N. The average Bonchev–Trinajstić information content (AvgIpc) is 2.29. The molecule has 1 heterocycles. The molecule has 0 aliphatic carbocycles. The predicted molar refractivity (Wildman–Crippen MR) is 53.6 cm³/mol. The Balaban J connectivity index is 2.50. The van der Waals surface area contributed by atoms with Gasteiger partial charge in [0.05, 0.1) is 25.9 Å². The van der Waals surface area contributed by atoms with Crippen molar-refractivity contribution in [3.63, 3.8) is 0 Å². The van der Waals surface area contributed by atoms with E-state index in [1.54, 1.807) is 0 Å². The lowest BCUT2D eigenvalue weighted by Gasteiger charge is -2.40. The van der Waals surface area contributed by atoms with Gasteiger partial charge in [-0.25, -0.2) is 0 Å². The molecule has 7 nitrogen and oxygen atoms in total. The number of ether oxygens (including phenoxy) is 3. The van der Waals surface area contributed by atoms with Crippen LogP contribution in [0.3, 0.4) is 0 Å². The molecule has 0 radical (unpaired) electrons. The van der Waals surface area contributed by atoms with Gasteiger partial charge in [0.15, 0.2) is 6.29 Å². The van der Waals surface area contributed by atoms with E-state index < -0.39 is 37.3 Å². The van der Waals surface area contributed by atoms with Gasteiger partial charge in [0, 0.05) is 7.11 Å². The van der Waals surface area contributed by atoms with Crippen LogP contribution in [0.25, 0.3) is 0 Å². The van der Waals surface area contributed by atoms with Gasteiger partial charge in [0.1, 0.15) is 18.3 Å². The second kappa shape index (κ2) is 6.45. The Bertz CT molecular complexity index is 202. The highest BCUT2D eigenvalue weighted by Crippen LogP contribution is 2.20. The van der Waals surface area contributed by atoms with Gasteiger partial charge in [-0.15, -0.1) is 0 Å². The third kappa shape index (κ3) is 3.11. The molecule has 0 aromatic heterocycles. The largest absolute Gasteiger partial charge is 0.394 e. The molecule has 1 saturated heterocycles. The van der Waals surface area contributed by atoms with Gasteiger partial charge in [-0.05, 0) is 0 Å². The number of aliphatic hydroxyl groups is 3. The minimum absolute atomic E-state index is 0.260. The van der Waals surface area contributed by atoms with Gasteiger partial charge in [-0.3, -0.25) is 0 Å². The van der Waals surface area contributed by atoms with E-state index in [2.05, 4.69) is 0 Å². The summed E-state index contributed by atoms with van der Waals surface area (Å²) in [7, 11) is 1.53. The highest BCUT2D eigenvalue weighted by Gasteiger charge is 2.42. The number of methoxy groups -OCH3 is 1. The molecule has 0 spiro atoms. The van der Waals surface area contributed by atoms with Crippen molar-refractivity contribution >= 4 is 0 Å². The highest BCUT2D eigenvalue weighted by molar-refractivity contribution is 4.91. The molecule has 0 aromatic carbocycles. The molecule has 0 aromatic rings. The molecule has 1 aliphatic rings. The number of hydrogen-bond acceptors (Lipinski definition) is 7. The molecule has 4 unspecified atom stereocenters. The summed E-state index contributed by atoms with van der Waals surface area (Å²) in [6, 6.07) is -0.852. The molecule has 96 valence electrons. The van der Waals surface area contributed by atoms with E-state index in [1.807, 2.05) is 0 Å². The van der Waals surface area contributed by atoms with Crippen LogP contribution in [0.1, 0.15) is 0 Å². The average molecular weight is 237 g/mol. The van der Waals surface area contributed by atoms with Crippen LogP contribution in [0.4, 0.5) is 0 Å². The van der Waals surface area contributed by atoms with Crippen molar-refractivity contribution < 1.29 is 29.5 Å². The third-order valence-corrected chi connectivity index (χ3v) is 2.50. The van der Waals surface area contributed by atoms with Crippen LogP contribution in [0, 0.1) is 0 Å². The lowest BCUT2D eigenvalue weighted by molar-refractivity contribution is -0.267. The topological polar surface area (TPSA) is 114 Å². The molecule has 5 N–H and O–H groups in total. The van der Waals surface area contributed by atoms with E-state index in [1.165, 1.54) is 7.11 Å². The molecular formula is C9H19NO6. The summed E-state index contributed by atoms with van der Waals surface area (Å²) >= 11 is 0. The van der Waals surface area contributed by atoms with Crippen LogP contribution in [0.5, 0.6) is 0 Å². The molecule has 1 fully saturated rings. The minimum atomic E-state index is -1.21. The van der Waals surface area contributed by atoms with Crippen LogP contribution >= 0.6 is 0 Å². The molecule has 5 atom stereocenters. The maximum atomic E-state index is 9.60. The molecule has 0 bridgehead atoms. The van der Waals surface area contributed by atoms with Gasteiger partial charge in [-0.2, -0.15) is 0 Å². The van der Waals surface area contributed by atoms with Gasteiger partial charge < -0.3 is 35.3 Å². The summed E-state index contributed by atoms with van der Waals surface area (Å²) < 4.78 is 15.2. The van der Waals surface area contributed by atoms with Crippen LogP contribution in [0.15, 0.2) is 0 Å². The first-order chi connectivity index (χ1) is 7.61. The Morgan fingerprint density at radius 2 is 1.94 bits per heavy atom. The van der Waals surface area contributed by atoms with E-state index in [-0.39, 0.29) is 6.61 Å². The monoisotopic (exact) mass is 237 g/mol. The Morgan fingerprint density at radius 3 is 2.50 bits per heavy atom. The quantitative estimate of drug-likeness (QED) is 0.388. The van der Waals surface area contributed by atoms with Crippen molar-refractivity contribution in [2.75, 3.05) is 26.9 Å². The molecule has 0 amide bonds. The number of aliphatic hydroxyl groups excluding tert-OH is 3. The zero-order chi connectivity index (χ0) is 12.1. The summed E-state index contributed by atoms with van der Waals surface area (Å²) in [5.74, 6) is 0. The second-order valence-corrected chi connectivity index (χ2v) is 3.65. The van der Waals surface area contributed by atoms with Crippen LogP contribution in [-0.4, -0.2) is 72.9 Å². The van der Waals surface area contributed by atoms with E-state index in [0.717, 1.165) is 0 Å². The summed E-state index contributed by atoms with van der Waals surface area (Å²) in [6.45, 7) is 0.222. The van der Waals surface area contributed by atoms with Crippen molar-refractivity contribution in [3.8, 4) is 0 Å². The zero-order valence-electron chi connectivity index (χ0n) is 9.15. The highest BCUT2D eigenvalue weighted by atomic mass is 16.7. The van der Waals surface area contributed by atoms with Gasteiger partial charge in [-0.1, -0.05) is 0 Å². The maximum absolute atomic E-state index is 9.60. The van der Waals surface area contributed by atoms with Crippen molar-refractivity contribution in [1.82, 2.24) is 0 Å². The van der Waals surface area contributed by atoms with Gasteiger partial charge in [0.25, 0.3) is 0 Å². The maximum Gasteiger partial charge on any atom is 0.175 e. The van der Waals surface area contributed by atoms with Crippen LogP contribution in [-0.2, 0) is 14.2 Å². The van der Waals surface area contributed by atoms with E-state index >= 15 is 0 Å². The van der Waals surface area contributed by atoms with Crippen molar-refractivity contribution in [3.05, 3.63) is 0 Å². The first-order valence-corrected chi connectivity index (χ1v) is 5.10. The molecule has 1 aliphatic heterocycles. The van der Waals surface area contributed by atoms with E-state index in [0.29, 0.717) is 6.61 Å². The minimum Gasteiger partial charge on any atom is -0.394 e. The Hall–Kier alpha value is -0.280. The molecule has 1 rings (SSSR count). The number of nitrogens with two attached hydrogens (primary N) is 1. The first-order valence-electron chi connectivity index (χ1n) is 5.10. The number of rotatable bonds is 5. The second-order valence-electron chi connectivity index (χ2n) is 3.65. The van der Waals surface area contributed by atoms with Crippen molar-refractivity contribution in [2.45, 2.75) is 30.6 Å². The molecule has 0 saturated carbocycles. The smallest absolute Gasteiger partial charge is 0.175 e.